The van der Waals surface area contributed by atoms with Crippen molar-refractivity contribution in [1.29, 1.82) is 0 Å². The topological polar surface area (TPSA) is 51.8 Å². The van der Waals surface area contributed by atoms with Gasteiger partial charge in [0.25, 0.3) is 0 Å². The summed E-state index contributed by atoms with van der Waals surface area (Å²) in [7, 11) is 0. The second kappa shape index (κ2) is 6.27. The lowest BCUT2D eigenvalue weighted by Crippen LogP contribution is -2.04. The number of nitrogens with two attached hydrogens (primary N) is 1. The molecule has 1 heterocycles. The summed E-state index contributed by atoms with van der Waals surface area (Å²) in [5.41, 5.74) is 7.52. The average Bonchev–Trinajstić information content (AvgIpc) is 2.32. The van der Waals surface area contributed by atoms with Crippen LogP contribution in [0.25, 0.3) is 11.4 Å². The molecule has 2 N–H and O–H groups in total. The Kier molecular flexibility index (Phi) is 5.00. The summed E-state index contributed by atoms with van der Waals surface area (Å²) in [5.74, 6) is 0.102. The SMILES string of the molecule is Cl.NCCc1ccccc1-c1ncc(F)cn1. The van der Waals surface area contributed by atoms with Gasteiger partial charge in [-0.3, -0.25) is 0 Å². The number of aromatic nitrogens is 2. The number of benzene rings is 1. The quantitative estimate of drug-likeness (QED) is 0.913. The Morgan fingerprint density at radius 1 is 1.12 bits per heavy atom. The van der Waals surface area contributed by atoms with E-state index in [4.69, 9.17) is 5.73 Å². The molecule has 0 aliphatic heterocycles. The van der Waals surface area contributed by atoms with E-state index in [1.807, 2.05) is 24.3 Å². The molecular formula is C12H13ClFN3. The fourth-order valence-electron chi connectivity index (χ4n) is 1.56. The van der Waals surface area contributed by atoms with Gasteiger partial charge in [-0.15, -0.1) is 12.4 Å². The molecule has 0 aliphatic rings. The molecule has 0 fully saturated rings. The van der Waals surface area contributed by atoms with Gasteiger partial charge in [0.05, 0.1) is 12.4 Å². The summed E-state index contributed by atoms with van der Waals surface area (Å²) in [4.78, 5) is 7.93. The van der Waals surface area contributed by atoms with Gasteiger partial charge in [0.15, 0.2) is 11.6 Å². The number of hydrogen-bond acceptors (Lipinski definition) is 3. The first-order valence-electron chi connectivity index (χ1n) is 5.07. The van der Waals surface area contributed by atoms with Gasteiger partial charge in [-0.1, -0.05) is 24.3 Å². The minimum absolute atomic E-state index is 0. The van der Waals surface area contributed by atoms with Crippen LogP contribution in [0.15, 0.2) is 36.7 Å². The molecule has 0 bridgehead atoms. The van der Waals surface area contributed by atoms with E-state index in [0.717, 1.165) is 17.5 Å². The van der Waals surface area contributed by atoms with Crippen LogP contribution in [0.5, 0.6) is 0 Å². The van der Waals surface area contributed by atoms with E-state index >= 15 is 0 Å². The second-order valence-corrected chi connectivity index (χ2v) is 3.42. The maximum atomic E-state index is 12.7. The van der Waals surface area contributed by atoms with Crippen molar-refractivity contribution in [3.05, 3.63) is 48.0 Å². The Labute approximate surface area is 105 Å². The lowest BCUT2D eigenvalue weighted by atomic mass is 10.0. The van der Waals surface area contributed by atoms with Gasteiger partial charge in [-0.2, -0.15) is 0 Å². The molecule has 0 aliphatic carbocycles. The summed E-state index contributed by atoms with van der Waals surface area (Å²) in [6.45, 7) is 0.568. The van der Waals surface area contributed by atoms with Crippen molar-refractivity contribution in [1.82, 2.24) is 9.97 Å². The van der Waals surface area contributed by atoms with E-state index in [1.54, 1.807) is 0 Å². The maximum Gasteiger partial charge on any atom is 0.159 e. The number of halogens is 2. The second-order valence-electron chi connectivity index (χ2n) is 3.42. The number of rotatable bonds is 3. The monoisotopic (exact) mass is 253 g/mol. The molecule has 90 valence electrons. The van der Waals surface area contributed by atoms with Crippen molar-refractivity contribution in [2.75, 3.05) is 6.54 Å². The molecular weight excluding hydrogens is 241 g/mol. The van der Waals surface area contributed by atoms with Crippen LogP contribution in [0, 0.1) is 5.82 Å². The van der Waals surface area contributed by atoms with Gasteiger partial charge in [0, 0.05) is 5.56 Å². The third-order valence-electron chi connectivity index (χ3n) is 2.29. The molecule has 2 aromatic rings. The van der Waals surface area contributed by atoms with Crippen molar-refractivity contribution < 1.29 is 4.39 Å². The fourth-order valence-corrected chi connectivity index (χ4v) is 1.56. The molecule has 0 saturated heterocycles. The molecule has 1 aromatic heterocycles. The summed E-state index contributed by atoms with van der Waals surface area (Å²) >= 11 is 0. The van der Waals surface area contributed by atoms with Gasteiger partial charge in [0.1, 0.15) is 0 Å². The van der Waals surface area contributed by atoms with E-state index in [1.165, 1.54) is 12.4 Å². The van der Waals surface area contributed by atoms with Crippen LogP contribution in [0.3, 0.4) is 0 Å². The minimum Gasteiger partial charge on any atom is -0.330 e. The third-order valence-corrected chi connectivity index (χ3v) is 2.29. The van der Waals surface area contributed by atoms with Crippen molar-refractivity contribution >= 4 is 12.4 Å². The smallest absolute Gasteiger partial charge is 0.159 e. The van der Waals surface area contributed by atoms with E-state index in [9.17, 15) is 4.39 Å². The van der Waals surface area contributed by atoms with Crippen molar-refractivity contribution in [3.63, 3.8) is 0 Å². The lowest BCUT2D eigenvalue weighted by molar-refractivity contribution is 0.614. The first kappa shape index (κ1) is 13.5. The van der Waals surface area contributed by atoms with Crippen molar-refractivity contribution in [2.45, 2.75) is 6.42 Å². The third kappa shape index (κ3) is 3.22. The summed E-state index contributed by atoms with van der Waals surface area (Å²) in [6, 6.07) is 7.74. The maximum absolute atomic E-state index is 12.7. The molecule has 1 aromatic carbocycles. The van der Waals surface area contributed by atoms with E-state index in [-0.39, 0.29) is 12.4 Å². The highest BCUT2D eigenvalue weighted by atomic mass is 35.5. The molecule has 0 saturated carbocycles. The Bertz CT molecular complexity index is 473. The van der Waals surface area contributed by atoms with Crippen LogP contribution in [-0.2, 0) is 6.42 Å². The zero-order valence-corrected chi connectivity index (χ0v) is 9.95. The van der Waals surface area contributed by atoms with Crippen molar-refractivity contribution in [2.24, 2.45) is 5.73 Å². The Morgan fingerprint density at radius 3 is 2.41 bits per heavy atom. The van der Waals surface area contributed by atoms with Crippen LogP contribution >= 0.6 is 12.4 Å². The molecule has 3 nitrogen and oxygen atoms in total. The molecule has 0 unspecified atom stereocenters. The number of nitrogens with zero attached hydrogens (tertiary/aromatic N) is 2. The molecule has 0 radical (unpaired) electrons. The molecule has 0 spiro atoms. The van der Waals surface area contributed by atoms with Crippen LogP contribution in [0.2, 0.25) is 0 Å². The molecule has 0 amide bonds. The van der Waals surface area contributed by atoms with Crippen LogP contribution in [0.1, 0.15) is 5.56 Å². The van der Waals surface area contributed by atoms with Gasteiger partial charge >= 0.3 is 0 Å². The highest BCUT2D eigenvalue weighted by molar-refractivity contribution is 5.85. The molecule has 0 atom stereocenters. The number of hydrogen-bond donors (Lipinski definition) is 1. The normalized spacial score (nSPS) is 9.76. The van der Waals surface area contributed by atoms with Gasteiger partial charge < -0.3 is 5.73 Å². The zero-order valence-electron chi connectivity index (χ0n) is 9.14. The van der Waals surface area contributed by atoms with E-state index in [2.05, 4.69) is 9.97 Å². The minimum atomic E-state index is -0.431. The predicted octanol–water partition coefficient (Wildman–Crippen LogP) is 2.21. The van der Waals surface area contributed by atoms with Gasteiger partial charge in [-0.05, 0) is 18.5 Å². The van der Waals surface area contributed by atoms with Crippen LogP contribution in [0.4, 0.5) is 4.39 Å². The first-order chi connectivity index (χ1) is 7.81. The Morgan fingerprint density at radius 2 is 1.76 bits per heavy atom. The van der Waals surface area contributed by atoms with Gasteiger partial charge in [-0.25, -0.2) is 14.4 Å². The van der Waals surface area contributed by atoms with E-state index in [0.29, 0.717) is 12.4 Å². The van der Waals surface area contributed by atoms with Gasteiger partial charge in [0.2, 0.25) is 0 Å². The molecule has 17 heavy (non-hydrogen) atoms. The fraction of sp³-hybridized carbons (Fsp3) is 0.167. The predicted molar refractivity (Wildman–Crippen MR) is 67.4 cm³/mol. The standard InChI is InChI=1S/C12H12FN3.ClH/c13-10-7-15-12(16-8-10)11-4-2-1-3-9(11)5-6-14;/h1-4,7-8H,5-6,14H2;1H. The highest BCUT2D eigenvalue weighted by Crippen LogP contribution is 2.19. The average molecular weight is 254 g/mol. The summed E-state index contributed by atoms with van der Waals surface area (Å²) in [6.07, 6.45) is 3.10. The zero-order chi connectivity index (χ0) is 11.4. The van der Waals surface area contributed by atoms with E-state index < -0.39 is 5.82 Å². The van der Waals surface area contributed by atoms with Crippen LogP contribution in [-0.4, -0.2) is 16.5 Å². The van der Waals surface area contributed by atoms with Crippen LogP contribution < -0.4 is 5.73 Å². The Balaban J connectivity index is 0.00000144. The Hall–Kier alpha value is -1.52. The largest absolute Gasteiger partial charge is 0.330 e. The lowest BCUT2D eigenvalue weighted by Gasteiger charge is -2.06. The highest BCUT2D eigenvalue weighted by Gasteiger charge is 2.06. The summed E-state index contributed by atoms with van der Waals surface area (Å²) < 4.78 is 12.7. The first-order valence-corrected chi connectivity index (χ1v) is 5.07. The molecule has 5 heteroatoms. The van der Waals surface area contributed by atoms with Crippen molar-refractivity contribution in [3.8, 4) is 11.4 Å². The molecule has 2 rings (SSSR count). The summed E-state index contributed by atoms with van der Waals surface area (Å²) in [5, 5.41) is 0.